The number of aldehydes is 1. The molecule has 1 saturated carbocycles. The van der Waals surface area contributed by atoms with Crippen molar-refractivity contribution in [3.05, 3.63) is 36.0 Å². The summed E-state index contributed by atoms with van der Waals surface area (Å²) in [6.07, 6.45) is 7.57. The minimum atomic E-state index is 0.438. The van der Waals surface area contributed by atoms with E-state index in [4.69, 9.17) is 4.74 Å². The highest BCUT2D eigenvalue weighted by atomic mass is 16.5. The normalized spacial score (nSPS) is 15.3. The van der Waals surface area contributed by atoms with E-state index in [0.717, 1.165) is 36.1 Å². The largest absolute Gasteiger partial charge is 0.494 e. The van der Waals surface area contributed by atoms with Gasteiger partial charge in [0.05, 0.1) is 18.2 Å². The Kier molecular flexibility index (Phi) is 4.04. The fraction of sp³-hybridized carbons (Fsp3) is 0.412. The summed E-state index contributed by atoms with van der Waals surface area (Å²) >= 11 is 0. The van der Waals surface area contributed by atoms with Crippen LogP contribution in [0.25, 0.3) is 11.3 Å². The molecular weight excluding hydrogens is 264 g/mol. The van der Waals surface area contributed by atoms with Gasteiger partial charge in [-0.2, -0.15) is 5.10 Å². The first-order valence-electron chi connectivity index (χ1n) is 7.59. The van der Waals surface area contributed by atoms with Gasteiger partial charge in [-0.25, -0.2) is 0 Å². The quantitative estimate of drug-likeness (QED) is 0.783. The van der Waals surface area contributed by atoms with Gasteiger partial charge in [-0.05, 0) is 31.9 Å². The fourth-order valence-electron chi connectivity index (χ4n) is 2.97. The van der Waals surface area contributed by atoms with Crippen molar-refractivity contribution in [2.24, 2.45) is 0 Å². The molecule has 2 aromatic rings. The smallest absolute Gasteiger partial charge is 0.153 e. The third-order valence-corrected chi connectivity index (χ3v) is 4.00. The summed E-state index contributed by atoms with van der Waals surface area (Å²) in [7, 11) is 0. The molecule has 4 heteroatoms. The zero-order chi connectivity index (χ0) is 14.7. The summed E-state index contributed by atoms with van der Waals surface area (Å²) in [5.74, 6) is 0.808. The van der Waals surface area contributed by atoms with Crippen molar-refractivity contribution in [2.45, 2.75) is 38.6 Å². The van der Waals surface area contributed by atoms with E-state index in [2.05, 4.69) is 5.10 Å². The molecule has 0 bridgehead atoms. The van der Waals surface area contributed by atoms with Gasteiger partial charge < -0.3 is 4.74 Å². The molecule has 1 aliphatic rings. The van der Waals surface area contributed by atoms with Gasteiger partial charge in [-0.3, -0.25) is 9.48 Å². The molecule has 0 unspecified atom stereocenters. The minimum Gasteiger partial charge on any atom is -0.494 e. The number of nitrogens with zero attached hydrogens (tertiary/aromatic N) is 2. The van der Waals surface area contributed by atoms with Crippen LogP contribution < -0.4 is 4.74 Å². The third kappa shape index (κ3) is 2.84. The Bertz CT molecular complexity index is 627. The number of ether oxygens (including phenoxy) is 1. The van der Waals surface area contributed by atoms with E-state index in [0.29, 0.717) is 18.2 Å². The maximum atomic E-state index is 11.4. The van der Waals surface area contributed by atoms with E-state index >= 15 is 0 Å². The molecule has 1 aliphatic carbocycles. The monoisotopic (exact) mass is 284 g/mol. The van der Waals surface area contributed by atoms with Gasteiger partial charge in [0, 0.05) is 11.8 Å². The van der Waals surface area contributed by atoms with Crippen LogP contribution in [-0.2, 0) is 0 Å². The first-order chi connectivity index (χ1) is 10.3. The molecule has 1 heterocycles. The number of carbonyl (C=O) groups excluding carboxylic acids is 1. The van der Waals surface area contributed by atoms with Crippen LogP contribution in [0, 0.1) is 0 Å². The van der Waals surface area contributed by atoms with E-state index in [1.54, 1.807) is 0 Å². The summed E-state index contributed by atoms with van der Waals surface area (Å²) in [4.78, 5) is 11.4. The van der Waals surface area contributed by atoms with Crippen LogP contribution in [0.15, 0.2) is 30.5 Å². The number of benzene rings is 1. The number of carbonyl (C=O) groups is 1. The van der Waals surface area contributed by atoms with Crippen molar-refractivity contribution in [2.75, 3.05) is 6.61 Å². The first-order valence-corrected chi connectivity index (χ1v) is 7.59. The Morgan fingerprint density at radius 2 is 2.19 bits per heavy atom. The Labute approximate surface area is 124 Å². The summed E-state index contributed by atoms with van der Waals surface area (Å²) in [5, 5.41) is 4.66. The lowest BCUT2D eigenvalue weighted by molar-refractivity contribution is 0.112. The average molecular weight is 284 g/mol. The predicted molar refractivity (Wildman–Crippen MR) is 81.7 cm³/mol. The minimum absolute atomic E-state index is 0.438. The molecule has 0 radical (unpaired) electrons. The zero-order valence-electron chi connectivity index (χ0n) is 12.3. The van der Waals surface area contributed by atoms with E-state index in [1.165, 1.54) is 12.8 Å². The van der Waals surface area contributed by atoms with Crippen molar-refractivity contribution in [3.8, 4) is 17.0 Å². The number of hydrogen-bond donors (Lipinski definition) is 0. The lowest BCUT2D eigenvalue weighted by Gasteiger charge is -2.09. The van der Waals surface area contributed by atoms with Gasteiger partial charge >= 0.3 is 0 Å². The molecule has 0 saturated heterocycles. The molecule has 3 rings (SSSR count). The van der Waals surface area contributed by atoms with E-state index in [-0.39, 0.29) is 0 Å². The number of rotatable bonds is 5. The predicted octanol–water partition coefficient (Wildman–Crippen LogP) is 3.88. The molecule has 0 N–H and O–H groups in total. The van der Waals surface area contributed by atoms with Crippen LogP contribution in [0.4, 0.5) is 0 Å². The standard InChI is InChI=1S/C17H20N2O2/c1-2-21-16-9-5-6-13(10-16)17-14(12-20)11-19(18-17)15-7-3-4-8-15/h5-6,9-12,15H,2-4,7-8H2,1H3. The maximum absolute atomic E-state index is 11.4. The fourth-order valence-corrected chi connectivity index (χ4v) is 2.97. The molecule has 0 atom stereocenters. The van der Waals surface area contributed by atoms with Gasteiger partial charge in [-0.1, -0.05) is 25.0 Å². The lowest BCUT2D eigenvalue weighted by atomic mass is 10.1. The SMILES string of the molecule is CCOc1cccc(-c2nn(C3CCCC3)cc2C=O)c1. The highest BCUT2D eigenvalue weighted by Crippen LogP contribution is 2.32. The summed E-state index contributed by atoms with van der Waals surface area (Å²) in [5.41, 5.74) is 2.33. The van der Waals surface area contributed by atoms with Gasteiger partial charge in [0.15, 0.2) is 6.29 Å². The number of hydrogen-bond acceptors (Lipinski definition) is 3. The molecule has 21 heavy (non-hydrogen) atoms. The second-order valence-electron chi connectivity index (χ2n) is 5.43. The third-order valence-electron chi connectivity index (χ3n) is 4.00. The van der Waals surface area contributed by atoms with Crippen LogP contribution in [0.1, 0.15) is 49.0 Å². The second kappa shape index (κ2) is 6.12. The van der Waals surface area contributed by atoms with E-state index < -0.39 is 0 Å². The Balaban J connectivity index is 1.96. The highest BCUT2D eigenvalue weighted by molar-refractivity contribution is 5.85. The van der Waals surface area contributed by atoms with Crippen molar-refractivity contribution in [3.63, 3.8) is 0 Å². The van der Waals surface area contributed by atoms with Crippen molar-refractivity contribution in [1.82, 2.24) is 9.78 Å². The Morgan fingerprint density at radius 1 is 1.38 bits per heavy atom. The van der Waals surface area contributed by atoms with E-state index in [9.17, 15) is 4.79 Å². The average Bonchev–Trinajstić information content (AvgIpc) is 3.17. The molecule has 4 nitrogen and oxygen atoms in total. The van der Waals surface area contributed by atoms with Crippen LogP contribution >= 0.6 is 0 Å². The molecule has 0 amide bonds. The van der Waals surface area contributed by atoms with Crippen LogP contribution in [-0.4, -0.2) is 22.7 Å². The Morgan fingerprint density at radius 3 is 2.90 bits per heavy atom. The molecule has 1 aromatic carbocycles. The van der Waals surface area contributed by atoms with Crippen LogP contribution in [0.2, 0.25) is 0 Å². The van der Waals surface area contributed by atoms with Gasteiger partial charge in [0.1, 0.15) is 11.4 Å². The Hall–Kier alpha value is -2.10. The molecule has 1 aromatic heterocycles. The van der Waals surface area contributed by atoms with Gasteiger partial charge in [0.25, 0.3) is 0 Å². The van der Waals surface area contributed by atoms with Gasteiger partial charge in [-0.15, -0.1) is 0 Å². The van der Waals surface area contributed by atoms with Gasteiger partial charge in [0.2, 0.25) is 0 Å². The van der Waals surface area contributed by atoms with E-state index in [1.807, 2.05) is 42.1 Å². The van der Waals surface area contributed by atoms with Crippen LogP contribution in [0.3, 0.4) is 0 Å². The van der Waals surface area contributed by atoms with Crippen LogP contribution in [0.5, 0.6) is 5.75 Å². The molecule has 1 fully saturated rings. The summed E-state index contributed by atoms with van der Waals surface area (Å²) in [6, 6.07) is 8.20. The molecule has 0 aliphatic heterocycles. The lowest BCUT2D eigenvalue weighted by Crippen LogP contribution is -2.04. The zero-order valence-corrected chi connectivity index (χ0v) is 12.3. The molecular formula is C17H20N2O2. The molecule has 110 valence electrons. The number of aromatic nitrogens is 2. The van der Waals surface area contributed by atoms with Crippen molar-refractivity contribution >= 4 is 6.29 Å². The topological polar surface area (TPSA) is 44.1 Å². The maximum Gasteiger partial charge on any atom is 0.153 e. The summed E-state index contributed by atoms with van der Waals surface area (Å²) in [6.45, 7) is 2.58. The summed E-state index contributed by atoms with van der Waals surface area (Å²) < 4.78 is 7.50. The highest BCUT2D eigenvalue weighted by Gasteiger charge is 2.20. The van der Waals surface area contributed by atoms with Crippen molar-refractivity contribution < 1.29 is 9.53 Å². The molecule has 0 spiro atoms. The second-order valence-corrected chi connectivity index (χ2v) is 5.43. The van der Waals surface area contributed by atoms with Crippen molar-refractivity contribution in [1.29, 1.82) is 0 Å². The first kappa shape index (κ1) is 13.9.